The highest BCUT2D eigenvalue weighted by atomic mass is 32.2. The molecule has 6 heteroatoms. The van der Waals surface area contributed by atoms with Gasteiger partial charge in [0.2, 0.25) is 0 Å². The smallest absolute Gasteiger partial charge is 0.279 e. The maximum absolute atomic E-state index is 12.5. The first-order valence-corrected chi connectivity index (χ1v) is 9.84. The fraction of sp³-hybridized carbons (Fsp3) is 1.00. The Kier molecular flexibility index (Phi) is 6.05. The van der Waals surface area contributed by atoms with Crippen molar-refractivity contribution in [2.24, 2.45) is 17.8 Å². The first-order chi connectivity index (χ1) is 9.97. The second-order valence-electron chi connectivity index (χ2n) is 6.73. The molecule has 2 N–H and O–H groups in total. The first-order valence-electron chi connectivity index (χ1n) is 8.40. The second-order valence-corrected chi connectivity index (χ2v) is 8.44. The van der Waals surface area contributed by atoms with Gasteiger partial charge in [-0.3, -0.25) is 0 Å². The highest BCUT2D eigenvalue weighted by Gasteiger charge is 2.36. The van der Waals surface area contributed by atoms with Crippen molar-refractivity contribution in [3.05, 3.63) is 0 Å². The van der Waals surface area contributed by atoms with Gasteiger partial charge in [-0.05, 0) is 57.0 Å². The molecule has 0 bridgehead atoms. The third kappa shape index (κ3) is 4.18. The standard InChI is InChI=1S/C15H31N3O2S/c1-4-14-5-6-15(12(14)2)17-21(19,20)18-9-7-13(8-10-18)11-16-3/h12-17H,4-11H2,1-3H3. The van der Waals surface area contributed by atoms with E-state index in [9.17, 15) is 8.42 Å². The van der Waals surface area contributed by atoms with Crippen LogP contribution in [0.4, 0.5) is 0 Å². The number of hydrogen-bond acceptors (Lipinski definition) is 3. The Morgan fingerprint density at radius 2 is 1.81 bits per heavy atom. The van der Waals surface area contributed by atoms with Gasteiger partial charge in [-0.2, -0.15) is 17.4 Å². The fourth-order valence-electron chi connectivity index (χ4n) is 3.90. The molecule has 3 atom stereocenters. The minimum Gasteiger partial charge on any atom is -0.319 e. The van der Waals surface area contributed by atoms with Gasteiger partial charge in [-0.1, -0.05) is 20.3 Å². The molecule has 0 aromatic heterocycles. The summed E-state index contributed by atoms with van der Waals surface area (Å²) in [7, 11) is -1.35. The first kappa shape index (κ1) is 17.2. The Bertz CT molecular complexity index is 419. The molecule has 2 fully saturated rings. The van der Waals surface area contributed by atoms with Gasteiger partial charge in [0, 0.05) is 19.1 Å². The van der Waals surface area contributed by atoms with Crippen LogP contribution in [0, 0.1) is 17.8 Å². The lowest BCUT2D eigenvalue weighted by atomic mass is 9.94. The lowest BCUT2D eigenvalue weighted by molar-refractivity contribution is 0.264. The number of piperidine rings is 1. The molecule has 0 aromatic rings. The van der Waals surface area contributed by atoms with E-state index in [4.69, 9.17) is 0 Å². The van der Waals surface area contributed by atoms with Gasteiger partial charge < -0.3 is 5.32 Å². The molecule has 0 amide bonds. The van der Waals surface area contributed by atoms with E-state index in [2.05, 4.69) is 23.9 Å². The van der Waals surface area contributed by atoms with Gasteiger partial charge in [0.25, 0.3) is 10.2 Å². The minimum absolute atomic E-state index is 0.120. The summed E-state index contributed by atoms with van der Waals surface area (Å²) in [6.07, 6.45) is 5.19. The van der Waals surface area contributed by atoms with Crippen LogP contribution in [0.3, 0.4) is 0 Å². The highest BCUT2D eigenvalue weighted by molar-refractivity contribution is 7.87. The second kappa shape index (κ2) is 7.40. The summed E-state index contributed by atoms with van der Waals surface area (Å²) in [5.74, 6) is 1.72. The van der Waals surface area contributed by atoms with Crippen molar-refractivity contribution in [3.63, 3.8) is 0 Å². The highest BCUT2D eigenvalue weighted by Crippen LogP contribution is 2.34. The summed E-state index contributed by atoms with van der Waals surface area (Å²) in [5.41, 5.74) is 0. The van der Waals surface area contributed by atoms with Gasteiger partial charge in [0.15, 0.2) is 0 Å². The van der Waals surface area contributed by atoms with Gasteiger partial charge in [-0.25, -0.2) is 0 Å². The molecule has 0 aromatic carbocycles. The molecule has 2 aliphatic rings. The van der Waals surface area contributed by atoms with Crippen LogP contribution in [-0.2, 0) is 10.2 Å². The van der Waals surface area contributed by atoms with Crippen molar-refractivity contribution in [2.45, 2.75) is 52.0 Å². The Morgan fingerprint density at radius 3 is 2.33 bits per heavy atom. The third-order valence-electron chi connectivity index (χ3n) is 5.46. The predicted molar refractivity (Wildman–Crippen MR) is 86.2 cm³/mol. The van der Waals surface area contributed by atoms with E-state index in [1.807, 2.05) is 7.05 Å². The maximum Gasteiger partial charge on any atom is 0.279 e. The van der Waals surface area contributed by atoms with Crippen molar-refractivity contribution in [2.75, 3.05) is 26.7 Å². The molecule has 0 spiro atoms. The lowest BCUT2D eigenvalue weighted by Crippen LogP contribution is -2.49. The van der Waals surface area contributed by atoms with Crippen LogP contribution in [0.25, 0.3) is 0 Å². The summed E-state index contributed by atoms with van der Waals surface area (Å²) in [6, 6.07) is 0.120. The maximum atomic E-state index is 12.5. The molecule has 1 aliphatic carbocycles. The SMILES string of the molecule is CCC1CCC(NS(=O)(=O)N2CCC(CNC)CC2)C1C. The zero-order valence-electron chi connectivity index (χ0n) is 13.6. The molecule has 1 heterocycles. The zero-order valence-corrected chi connectivity index (χ0v) is 14.5. The average molecular weight is 317 g/mol. The van der Waals surface area contributed by atoms with Gasteiger partial charge in [-0.15, -0.1) is 0 Å². The normalized spacial score (nSPS) is 32.6. The summed E-state index contributed by atoms with van der Waals surface area (Å²) < 4.78 is 29.7. The molecule has 1 saturated carbocycles. The molecule has 1 aliphatic heterocycles. The molecule has 1 saturated heterocycles. The molecule has 124 valence electrons. The third-order valence-corrected chi connectivity index (χ3v) is 7.10. The summed E-state index contributed by atoms with van der Waals surface area (Å²) >= 11 is 0. The number of nitrogens with one attached hydrogen (secondary N) is 2. The Hall–Kier alpha value is -0.170. The monoisotopic (exact) mass is 317 g/mol. The van der Waals surface area contributed by atoms with Crippen molar-refractivity contribution in [1.82, 2.24) is 14.3 Å². The molecule has 5 nitrogen and oxygen atoms in total. The molecule has 0 radical (unpaired) electrons. The molecule has 21 heavy (non-hydrogen) atoms. The molecule has 3 unspecified atom stereocenters. The Morgan fingerprint density at radius 1 is 1.14 bits per heavy atom. The summed E-state index contributed by atoms with van der Waals surface area (Å²) in [4.78, 5) is 0. The quantitative estimate of drug-likeness (QED) is 0.782. The summed E-state index contributed by atoms with van der Waals surface area (Å²) in [6.45, 7) is 6.68. The van der Waals surface area contributed by atoms with Crippen LogP contribution in [0.1, 0.15) is 46.0 Å². The van der Waals surface area contributed by atoms with E-state index in [1.165, 1.54) is 0 Å². The zero-order chi connectivity index (χ0) is 15.5. The Labute approximate surface area is 130 Å². The van der Waals surface area contributed by atoms with E-state index in [0.29, 0.717) is 30.8 Å². The lowest BCUT2D eigenvalue weighted by Gasteiger charge is -2.32. The van der Waals surface area contributed by atoms with Crippen molar-refractivity contribution >= 4 is 10.2 Å². The van der Waals surface area contributed by atoms with Crippen LogP contribution in [0.5, 0.6) is 0 Å². The van der Waals surface area contributed by atoms with Crippen molar-refractivity contribution in [1.29, 1.82) is 0 Å². The molecule has 2 rings (SSSR count). The molecular formula is C15H31N3O2S. The van der Waals surface area contributed by atoms with Crippen LogP contribution in [0.15, 0.2) is 0 Å². The van der Waals surface area contributed by atoms with E-state index < -0.39 is 10.2 Å². The largest absolute Gasteiger partial charge is 0.319 e. The van der Waals surface area contributed by atoms with Crippen LogP contribution in [-0.4, -0.2) is 45.4 Å². The summed E-state index contributed by atoms with van der Waals surface area (Å²) in [5, 5.41) is 3.18. The predicted octanol–water partition coefficient (Wildman–Crippen LogP) is 1.58. The average Bonchev–Trinajstić information content (AvgIpc) is 2.80. The van der Waals surface area contributed by atoms with Gasteiger partial charge in [0.1, 0.15) is 0 Å². The van der Waals surface area contributed by atoms with Crippen LogP contribution < -0.4 is 10.0 Å². The van der Waals surface area contributed by atoms with Gasteiger partial charge in [0.05, 0.1) is 0 Å². The van der Waals surface area contributed by atoms with E-state index in [-0.39, 0.29) is 6.04 Å². The van der Waals surface area contributed by atoms with E-state index in [0.717, 1.165) is 38.6 Å². The Balaban J connectivity index is 1.88. The minimum atomic E-state index is -3.31. The topological polar surface area (TPSA) is 61.4 Å². The molecular weight excluding hydrogens is 286 g/mol. The number of nitrogens with zero attached hydrogens (tertiary/aromatic N) is 1. The van der Waals surface area contributed by atoms with Crippen LogP contribution in [0.2, 0.25) is 0 Å². The van der Waals surface area contributed by atoms with E-state index >= 15 is 0 Å². The number of rotatable bonds is 6. The fourth-order valence-corrected chi connectivity index (χ4v) is 5.45. The number of hydrogen-bond donors (Lipinski definition) is 2. The van der Waals surface area contributed by atoms with E-state index in [1.54, 1.807) is 4.31 Å². The van der Waals surface area contributed by atoms with Crippen molar-refractivity contribution < 1.29 is 8.42 Å². The van der Waals surface area contributed by atoms with Crippen molar-refractivity contribution in [3.8, 4) is 0 Å². The van der Waals surface area contributed by atoms with Gasteiger partial charge >= 0.3 is 0 Å². The van der Waals surface area contributed by atoms with Crippen LogP contribution >= 0.6 is 0 Å².